The Balaban J connectivity index is 1.33. The summed E-state index contributed by atoms with van der Waals surface area (Å²) >= 11 is 0. The van der Waals surface area contributed by atoms with Crippen LogP contribution in [0.1, 0.15) is 35.1 Å². The summed E-state index contributed by atoms with van der Waals surface area (Å²) in [5, 5.41) is 0. The van der Waals surface area contributed by atoms with Crippen LogP contribution in [0.3, 0.4) is 0 Å². The average molecular weight is 368 g/mol. The minimum atomic E-state index is -0.0959. The van der Waals surface area contributed by atoms with Gasteiger partial charge in [0.25, 0.3) is 5.91 Å². The second-order valence-electron chi connectivity index (χ2n) is 7.10. The summed E-state index contributed by atoms with van der Waals surface area (Å²) in [6, 6.07) is 13.4. The van der Waals surface area contributed by atoms with Crippen molar-refractivity contribution in [1.82, 2.24) is 9.80 Å². The standard InChI is InChI=1S/C21H24N2O4/c24-20(23-12-14-27-19(15-23)16-5-2-1-3-6-16)17-8-10-22(11-9-17)21(25)18-7-4-13-26-18/h1-7,13,17,19H,8-12,14-15H2. The third-order valence-electron chi connectivity index (χ3n) is 5.41. The Morgan fingerprint density at radius 1 is 0.926 bits per heavy atom. The Morgan fingerprint density at radius 2 is 1.70 bits per heavy atom. The lowest BCUT2D eigenvalue weighted by Gasteiger charge is -2.37. The third-order valence-corrected chi connectivity index (χ3v) is 5.41. The molecule has 2 saturated heterocycles. The quantitative estimate of drug-likeness (QED) is 0.836. The van der Waals surface area contributed by atoms with Crippen LogP contribution in [0.25, 0.3) is 0 Å². The second-order valence-corrected chi connectivity index (χ2v) is 7.10. The van der Waals surface area contributed by atoms with Crippen LogP contribution in [0.2, 0.25) is 0 Å². The molecule has 0 aliphatic carbocycles. The highest BCUT2D eigenvalue weighted by Gasteiger charge is 2.33. The van der Waals surface area contributed by atoms with Crippen molar-refractivity contribution >= 4 is 11.8 Å². The molecule has 2 fully saturated rings. The van der Waals surface area contributed by atoms with Crippen LogP contribution in [0.15, 0.2) is 53.1 Å². The van der Waals surface area contributed by atoms with E-state index in [2.05, 4.69) is 0 Å². The van der Waals surface area contributed by atoms with Crippen molar-refractivity contribution in [2.45, 2.75) is 18.9 Å². The Bertz CT molecular complexity index is 767. The zero-order valence-electron chi connectivity index (χ0n) is 15.3. The van der Waals surface area contributed by atoms with E-state index in [1.54, 1.807) is 17.0 Å². The minimum absolute atomic E-state index is 0.0276. The van der Waals surface area contributed by atoms with Gasteiger partial charge in [-0.15, -0.1) is 0 Å². The lowest BCUT2D eigenvalue weighted by Crippen LogP contribution is -2.48. The smallest absolute Gasteiger partial charge is 0.289 e. The molecule has 0 saturated carbocycles. The summed E-state index contributed by atoms with van der Waals surface area (Å²) in [4.78, 5) is 29.0. The summed E-state index contributed by atoms with van der Waals surface area (Å²) in [5.74, 6) is 0.421. The average Bonchev–Trinajstić information content (AvgIpc) is 3.28. The molecular weight excluding hydrogens is 344 g/mol. The molecule has 27 heavy (non-hydrogen) atoms. The molecule has 6 heteroatoms. The minimum Gasteiger partial charge on any atom is -0.459 e. The summed E-state index contributed by atoms with van der Waals surface area (Å²) in [6.07, 6.45) is 2.83. The molecule has 2 aliphatic rings. The molecule has 2 aliphatic heterocycles. The first-order valence-corrected chi connectivity index (χ1v) is 9.50. The van der Waals surface area contributed by atoms with Crippen molar-refractivity contribution in [3.63, 3.8) is 0 Å². The number of morpholine rings is 1. The monoisotopic (exact) mass is 368 g/mol. The molecule has 2 aromatic rings. The number of carbonyl (C=O) groups is 2. The lowest BCUT2D eigenvalue weighted by molar-refractivity contribution is -0.144. The van der Waals surface area contributed by atoms with Gasteiger partial charge in [0.05, 0.1) is 19.4 Å². The van der Waals surface area contributed by atoms with Gasteiger partial charge < -0.3 is 19.0 Å². The van der Waals surface area contributed by atoms with Crippen LogP contribution in [-0.4, -0.2) is 54.4 Å². The molecule has 1 aromatic heterocycles. The van der Waals surface area contributed by atoms with E-state index in [0.29, 0.717) is 51.4 Å². The fourth-order valence-corrected chi connectivity index (χ4v) is 3.86. The van der Waals surface area contributed by atoms with Gasteiger partial charge in [0.2, 0.25) is 5.91 Å². The molecule has 6 nitrogen and oxygen atoms in total. The number of hydrogen-bond acceptors (Lipinski definition) is 4. The fraction of sp³-hybridized carbons (Fsp3) is 0.429. The normalized spacial score (nSPS) is 21.3. The van der Waals surface area contributed by atoms with E-state index in [1.807, 2.05) is 35.2 Å². The zero-order valence-corrected chi connectivity index (χ0v) is 15.3. The van der Waals surface area contributed by atoms with Gasteiger partial charge in [0, 0.05) is 25.6 Å². The molecule has 142 valence electrons. The first-order valence-electron chi connectivity index (χ1n) is 9.50. The van der Waals surface area contributed by atoms with Gasteiger partial charge >= 0.3 is 0 Å². The number of furan rings is 1. The molecule has 0 spiro atoms. The maximum absolute atomic E-state index is 13.0. The summed E-state index contributed by atoms with van der Waals surface area (Å²) in [6.45, 7) is 2.95. The first-order chi connectivity index (χ1) is 13.2. The number of carbonyl (C=O) groups excluding carboxylic acids is 2. The second kappa shape index (κ2) is 7.96. The van der Waals surface area contributed by atoms with Gasteiger partial charge in [0.15, 0.2) is 5.76 Å². The number of likely N-dealkylation sites (tertiary alicyclic amines) is 1. The van der Waals surface area contributed by atoms with Crippen LogP contribution >= 0.6 is 0 Å². The SMILES string of the molecule is O=C(c1ccco1)N1CCC(C(=O)N2CCOC(c3ccccc3)C2)CC1. The van der Waals surface area contributed by atoms with E-state index in [-0.39, 0.29) is 23.8 Å². The predicted octanol–water partition coefficient (Wildman–Crippen LogP) is 2.73. The Labute approximate surface area is 158 Å². The molecular formula is C21H24N2O4. The number of hydrogen-bond donors (Lipinski definition) is 0. The molecule has 2 amide bonds. The van der Waals surface area contributed by atoms with Crippen LogP contribution in [-0.2, 0) is 9.53 Å². The van der Waals surface area contributed by atoms with Crippen molar-refractivity contribution in [3.05, 3.63) is 60.1 Å². The van der Waals surface area contributed by atoms with E-state index >= 15 is 0 Å². The topological polar surface area (TPSA) is 63.0 Å². The molecule has 3 heterocycles. The zero-order chi connectivity index (χ0) is 18.6. The van der Waals surface area contributed by atoms with Crippen molar-refractivity contribution in [2.24, 2.45) is 5.92 Å². The largest absolute Gasteiger partial charge is 0.459 e. The van der Waals surface area contributed by atoms with Gasteiger partial charge in [-0.05, 0) is 30.5 Å². The predicted molar refractivity (Wildman–Crippen MR) is 99.1 cm³/mol. The van der Waals surface area contributed by atoms with Crippen molar-refractivity contribution in [1.29, 1.82) is 0 Å². The molecule has 1 atom stereocenters. The van der Waals surface area contributed by atoms with Gasteiger partial charge in [-0.25, -0.2) is 0 Å². The summed E-state index contributed by atoms with van der Waals surface area (Å²) in [5.41, 5.74) is 1.11. The number of nitrogens with zero attached hydrogens (tertiary/aromatic N) is 2. The van der Waals surface area contributed by atoms with E-state index in [4.69, 9.17) is 9.15 Å². The summed E-state index contributed by atoms with van der Waals surface area (Å²) in [7, 11) is 0. The van der Waals surface area contributed by atoms with Crippen LogP contribution in [0, 0.1) is 5.92 Å². The van der Waals surface area contributed by atoms with Crippen LogP contribution in [0.5, 0.6) is 0 Å². The number of piperidine rings is 1. The Hall–Kier alpha value is -2.60. The number of amides is 2. The highest BCUT2D eigenvalue weighted by Crippen LogP contribution is 2.26. The van der Waals surface area contributed by atoms with Crippen LogP contribution < -0.4 is 0 Å². The highest BCUT2D eigenvalue weighted by molar-refractivity contribution is 5.91. The van der Waals surface area contributed by atoms with Gasteiger partial charge in [-0.3, -0.25) is 9.59 Å². The highest BCUT2D eigenvalue weighted by atomic mass is 16.5. The number of ether oxygens (including phenoxy) is 1. The lowest BCUT2D eigenvalue weighted by atomic mass is 9.94. The first kappa shape index (κ1) is 17.8. The summed E-state index contributed by atoms with van der Waals surface area (Å²) < 4.78 is 11.1. The van der Waals surface area contributed by atoms with E-state index < -0.39 is 0 Å². The molecule has 0 radical (unpaired) electrons. The van der Waals surface area contributed by atoms with Gasteiger partial charge in [0.1, 0.15) is 6.10 Å². The fourth-order valence-electron chi connectivity index (χ4n) is 3.86. The third kappa shape index (κ3) is 3.90. The van der Waals surface area contributed by atoms with Crippen molar-refractivity contribution in [3.8, 4) is 0 Å². The Morgan fingerprint density at radius 3 is 2.41 bits per heavy atom. The van der Waals surface area contributed by atoms with Gasteiger partial charge in [-0.1, -0.05) is 30.3 Å². The van der Waals surface area contributed by atoms with Crippen molar-refractivity contribution < 1.29 is 18.7 Å². The van der Waals surface area contributed by atoms with Crippen LogP contribution in [0.4, 0.5) is 0 Å². The maximum atomic E-state index is 13.0. The van der Waals surface area contributed by atoms with E-state index in [0.717, 1.165) is 5.56 Å². The molecule has 0 N–H and O–H groups in total. The van der Waals surface area contributed by atoms with E-state index in [1.165, 1.54) is 6.26 Å². The number of rotatable bonds is 3. The van der Waals surface area contributed by atoms with Gasteiger partial charge in [-0.2, -0.15) is 0 Å². The molecule has 1 aromatic carbocycles. The van der Waals surface area contributed by atoms with E-state index in [9.17, 15) is 9.59 Å². The van der Waals surface area contributed by atoms with Crippen molar-refractivity contribution in [2.75, 3.05) is 32.8 Å². The number of benzene rings is 1. The Kier molecular flexibility index (Phi) is 5.25. The molecule has 4 rings (SSSR count). The molecule has 0 bridgehead atoms. The molecule has 1 unspecified atom stereocenters. The maximum Gasteiger partial charge on any atom is 0.289 e.